The first kappa shape index (κ1) is 20.9. The molecule has 29 heavy (non-hydrogen) atoms. The Morgan fingerprint density at radius 2 is 1.69 bits per heavy atom. The van der Waals surface area contributed by atoms with Gasteiger partial charge < -0.3 is 40.1 Å². The second-order valence-electron chi connectivity index (χ2n) is 6.75. The summed E-state index contributed by atoms with van der Waals surface area (Å²) in [6.45, 7) is -0.554. The number of carbonyl (C=O) groups excluding carboxylic acids is 1. The van der Waals surface area contributed by atoms with E-state index in [9.17, 15) is 30.3 Å². The molecule has 2 aromatic rings. The van der Waals surface area contributed by atoms with Crippen LogP contribution in [-0.4, -0.2) is 67.6 Å². The number of aliphatic hydroxyl groups excluding tert-OH is 3. The lowest BCUT2D eigenvalue weighted by atomic mass is 10.0. The Labute approximate surface area is 166 Å². The number of phenolic OH excluding ortho intramolecular Hbond substituents is 3. The SMILES string of the molecule is O=C(CCc1ccc(O)cc1)c1c(O)cc(O)cc1OC1OC(CO)C(O)C1O. The third-order valence-corrected chi connectivity index (χ3v) is 4.66. The quantitative estimate of drug-likeness (QED) is 0.359. The number of hydrogen-bond donors (Lipinski definition) is 6. The highest BCUT2D eigenvalue weighted by Gasteiger charge is 2.44. The van der Waals surface area contributed by atoms with Gasteiger partial charge in [0.1, 0.15) is 46.9 Å². The van der Waals surface area contributed by atoms with Gasteiger partial charge in [-0.25, -0.2) is 0 Å². The number of hydrogen-bond acceptors (Lipinski definition) is 9. The maximum Gasteiger partial charge on any atom is 0.229 e. The average Bonchev–Trinajstić information content (AvgIpc) is 2.94. The average molecular weight is 406 g/mol. The summed E-state index contributed by atoms with van der Waals surface area (Å²) >= 11 is 0. The van der Waals surface area contributed by atoms with Crippen molar-refractivity contribution in [3.8, 4) is 23.0 Å². The maximum absolute atomic E-state index is 12.7. The number of carbonyl (C=O) groups is 1. The first-order chi connectivity index (χ1) is 13.8. The van der Waals surface area contributed by atoms with Crippen LogP contribution in [0.4, 0.5) is 0 Å². The van der Waals surface area contributed by atoms with E-state index in [1.54, 1.807) is 12.1 Å². The van der Waals surface area contributed by atoms with E-state index in [1.165, 1.54) is 12.1 Å². The smallest absolute Gasteiger partial charge is 0.229 e. The fourth-order valence-electron chi connectivity index (χ4n) is 3.09. The van der Waals surface area contributed by atoms with Crippen molar-refractivity contribution >= 4 is 5.78 Å². The van der Waals surface area contributed by atoms with Crippen LogP contribution in [0, 0.1) is 0 Å². The van der Waals surface area contributed by atoms with E-state index in [0.717, 1.165) is 17.7 Å². The van der Waals surface area contributed by atoms with Crippen molar-refractivity contribution in [2.75, 3.05) is 6.61 Å². The predicted molar refractivity (Wildman–Crippen MR) is 98.9 cm³/mol. The molecular formula is C20H22O9. The molecule has 3 rings (SSSR count). The molecule has 4 unspecified atom stereocenters. The number of ketones is 1. The summed E-state index contributed by atoms with van der Waals surface area (Å²) in [5.41, 5.74) is 0.583. The standard InChI is InChI=1S/C20H22O9/c21-9-16-18(26)19(27)20(29-16)28-15-8-12(23)7-14(25)17(15)13(24)6-3-10-1-4-11(22)5-2-10/h1-2,4-5,7-8,16,18-23,25-27H,3,6,9H2. The molecule has 9 nitrogen and oxygen atoms in total. The highest BCUT2D eigenvalue weighted by molar-refractivity contribution is 6.01. The van der Waals surface area contributed by atoms with Crippen LogP contribution in [0.25, 0.3) is 0 Å². The van der Waals surface area contributed by atoms with E-state index >= 15 is 0 Å². The lowest BCUT2D eigenvalue weighted by molar-refractivity contribution is -0.116. The summed E-state index contributed by atoms with van der Waals surface area (Å²) < 4.78 is 10.7. The zero-order valence-electron chi connectivity index (χ0n) is 15.3. The molecule has 1 saturated heterocycles. The third-order valence-electron chi connectivity index (χ3n) is 4.66. The topological polar surface area (TPSA) is 157 Å². The molecule has 9 heteroatoms. The van der Waals surface area contributed by atoms with Gasteiger partial charge in [0, 0.05) is 18.6 Å². The second kappa shape index (κ2) is 8.66. The molecule has 4 atom stereocenters. The van der Waals surface area contributed by atoms with Crippen molar-refractivity contribution < 1.29 is 44.9 Å². The molecule has 156 valence electrons. The van der Waals surface area contributed by atoms with Gasteiger partial charge >= 0.3 is 0 Å². The van der Waals surface area contributed by atoms with E-state index in [-0.39, 0.29) is 29.2 Å². The van der Waals surface area contributed by atoms with Gasteiger partial charge in [0.2, 0.25) is 6.29 Å². The Bertz CT molecular complexity index is 865. The normalized spacial score (nSPS) is 23.8. The van der Waals surface area contributed by atoms with Gasteiger partial charge in [-0.05, 0) is 24.1 Å². The molecule has 0 spiro atoms. The molecule has 0 aliphatic carbocycles. The van der Waals surface area contributed by atoms with Crippen molar-refractivity contribution in [3.05, 3.63) is 47.5 Å². The third kappa shape index (κ3) is 4.60. The van der Waals surface area contributed by atoms with Crippen LogP contribution in [0.1, 0.15) is 22.3 Å². The number of aliphatic hydroxyl groups is 3. The van der Waals surface area contributed by atoms with Crippen LogP contribution in [0.3, 0.4) is 0 Å². The van der Waals surface area contributed by atoms with Crippen molar-refractivity contribution in [1.29, 1.82) is 0 Å². The van der Waals surface area contributed by atoms with Gasteiger partial charge in [-0.3, -0.25) is 4.79 Å². The fourth-order valence-corrected chi connectivity index (χ4v) is 3.09. The predicted octanol–water partition coefficient (Wildman–Crippen LogP) is 0.437. The number of ether oxygens (including phenoxy) is 2. The molecule has 6 N–H and O–H groups in total. The van der Waals surface area contributed by atoms with Crippen LogP contribution in [0.5, 0.6) is 23.0 Å². The van der Waals surface area contributed by atoms with Crippen molar-refractivity contribution in [3.63, 3.8) is 0 Å². The van der Waals surface area contributed by atoms with Gasteiger partial charge in [0.25, 0.3) is 0 Å². The van der Waals surface area contributed by atoms with E-state index in [4.69, 9.17) is 14.6 Å². The molecule has 0 bridgehead atoms. The second-order valence-corrected chi connectivity index (χ2v) is 6.75. The van der Waals surface area contributed by atoms with Crippen molar-refractivity contribution in [2.24, 2.45) is 0 Å². The molecule has 1 aliphatic heterocycles. The summed E-state index contributed by atoms with van der Waals surface area (Å²) in [4.78, 5) is 12.7. The number of phenols is 3. The number of aromatic hydroxyl groups is 3. The lowest BCUT2D eigenvalue weighted by Crippen LogP contribution is -2.35. The highest BCUT2D eigenvalue weighted by Crippen LogP contribution is 2.36. The Morgan fingerprint density at radius 1 is 1.00 bits per heavy atom. The summed E-state index contributed by atoms with van der Waals surface area (Å²) in [7, 11) is 0. The van der Waals surface area contributed by atoms with Crippen LogP contribution >= 0.6 is 0 Å². The van der Waals surface area contributed by atoms with Crippen LogP contribution in [0.15, 0.2) is 36.4 Å². The molecule has 2 aromatic carbocycles. The largest absolute Gasteiger partial charge is 0.508 e. The highest BCUT2D eigenvalue weighted by atomic mass is 16.7. The molecular weight excluding hydrogens is 384 g/mol. The van der Waals surface area contributed by atoms with Crippen LogP contribution < -0.4 is 4.74 Å². The number of rotatable bonds is 7. The molecule has 0 radical (unpaired) electrons. The minimum atomic E-state index is -1.50. The van der Waals surface area contributed by atoms with Gasteiger partial charge in [-0.1, -0.05) is 12.1 Å². The van der Waals surface area contributed by atoms with Crippen LogP contribution in [0.2, 0.25) is 0 Å². The molecule has 1 aliphatic rings. The first-order valence-corrected chi connectivity index (χ1v) is 8.96. The monoisotopic (exact) mass is 406 g/mol. The zero-order valence-corrected chi connectivity index (χ0v) is 15.3. The molecule has 0 aromatic heterocycles. The molecule has 0 saturated carbocycles. The number of aryl methyl sites for hydroxylation is 1. The van der Waals surface area contributed by atoms with Crippen molar-refractivity contribution in [1.82, 2.24) is 0 Å². The Balaban J connectivity index is 1.79. The summed E-state index contributed by atoms with van der Waals surface area (Å²) in [6.07, 6.45) is -5.06. The first-order valence-electron chi connectivity index (χ1n) is 8.96. The minimum Gasteiger partial charge on any atom is -0.508 e. The van der Waals surface area contributed by atoms with Crippen molar-refractivity contribution in [2.45, 2.75) is 37.4 Å². The molecule has 1 heterocycles. The summed E-state index contributed by atoms with van der Waals surface area (Å²) in [5, 5.41) is 58.3. The summed E-state index contributed by atoms with van der Waals surface area (Å²) in [5.74, 6) is -1.50. The van der Waals surface area contributed by atoms with Crippen LogP contribution in [-0.2, 0) is 11.2 Å². The van der Waals surface area contributed by atoms with Gasteiger partial charge in [-0.2, -0.15) is 0 Å². The van der Waals surface area contributed by atoms with Gasteiger partial charge in [0.05, 0.1) is 6.61 Å². The summed E-state index contributed by atoms with van der Waals surface area (Å²) in [6, 6.07) is 8.38. The molecule has 1 fully saturated rings. The van der Waals surface area contributed by atoms with Gasteiger partial charge in [-0.15, -0.1) is 0 Å². The Morgan fingerprint density at radius 3 is 2.31 bits per heavy atom. The Hall–Kier alpha value is -2.85. The van der Waals surface area contributed by atoms with E-state index in [1.807, 2.05) is 0 Å². The van der Waals surface area contributed by atoms with E-state index in [0.29, 0.717) is 6.42 Å². The minimum absolute atomic E-state index is 0.00453. The number of benzene rings is 2. The van der Waals surface area contributed by atoms with E-state index < -0.39 is 42.7 Å². The lowest BCUT2D eigenvalue weighted by Gasteiger charge is -2.19. The molecule has 0 amide bonds. The maximum atomic E-state index is 12.7. The number of Topliss-reactive ketones (excluding diaryl/α,β-unsaturated/α-hetero) is 1. The zero-order chi connectivity index (χ0) is 21.1. The van der Waals surface area contributed by atoms with Gasteiger partial charge in [0.15, 0.2) is 5.78 Å². The fraction of sp³-hybridized carbons (Fsp3) is 0.350. The Kier molecular flexibility index (Phi) is 6.23. The van der Waals surface area contributed by atoms with E-state index in [2.05, 4.69) is 0 Å².